The molecule has 0 aliphatic carbocycles. The average Bonchev–Trinajstić information content (AvgIpc) is 2.54. The number of methoxy groups -OCH3 is 3. The summed E-state index contributed by atoms with van der Waals surface area (Å²) >= 11 is 0. The van der Waals surface area contributed by atoms with Crippen LogP contribution in [0.3, 0.4) is 0 Å². The van der Waals surface area contributed by atoms with Crippen LogP contribution >= 0.6 is 0 Å². The van der Waals surface area contributed by atoms with Gasteiger partial charge in [0.2, 0.25) is 0 Å². The Hall–Kier alpha value is -2.16. The van der Waals surface area contributed by atoms with E-state index in [1.807, 2.05) is 18.2 Å². The van der Waals surface area contributed by atoms with Gasteiger partial charge in [-0.2, -0.15) is 0 Å². The van der Waals surface area contributed by atoms with Gasteiger partial charge in [-0.1, -0.05) is 19.1 Å². The summed E-state index contributed by atoms with van der Waals surface area (Å²) in [6.07, 6.45) is 0.959. The third kappa shape index (κ3) is 3.91. The molecule has 0 bridgehead atoms. The van der Waals surface area contributed by atoms with Gasteiger partial charge in [0.15, 0.2) is 0 Å². The highest BCUT2D eigenvalue weighted by Gasteiger charge is 2.10. The lowest BCUT2D eigenvalue weighted by molar-refractivity contribution is 0.392. The minimum Gasteiger partial charge on any atom is -0.497 e. The van der Waals surface area contributed by atoms with E-state index in [4.69, 9.17) is 14.2 Å². The van der Waals surface area contributed by atoms with Crippen molar-refractivity contribution in [3.8, 4) is 17.2 Å². The molecule has 0 saturated heterocycles. The number of hydrogen-bond acceptors (Lipinski definition) is 3. The third-order valence-corrected chi connectivity index (χ3v) is 3.64. The van der Waals surface area contributed by atoms with Crippen molar-refractivity contribution in [1.29, 1.82) is 0 Å². The first kappa shape index (κ1) is 15.2. The van der Waals surface area contributed by atoms with E-state index in [1.165, 1.54) is 11.1 Å². The molecule has 0 saturated carbocycles. The van der Waals surface area contributed by atoms with Crippen LogP contribution < -0.4 is 14.2 Å². The number of ether oxygens (including phenoxy) is 3. The molecule has 0 amide bonds. The van der Waals surface area contributed by atoms with Crippen molar-refractivity contribution in [2.24, 2.45) is 0 Å². The molecule has 112 valence electrons. The second kappa shape index (κ2) is 7.02. The van der Waals surface area contributed by atoms with Gasteiger partial charge in [0.05, 0.1) is 21.3 Å². The summed E-state index contributed by atoms with van der Waals surface area (Å²) in [6, 6.07) is 14.2. The fourth-order valence-corrected chi connectivity index (χ4v) is 2.35. The van der Waals surface area contributed by atoms with Crippen molar-refractivity contribution >= 4 is 0 Å². The van der Waals surface area contributed by atoms with E-state index in [1.54, 1.807) is 21.3 Å². The Morgan fingerprint density at radius 1 is 0.762 bits per heavy atom. The fraction of sp³-hybridized carbons (Fsp3) is 0.333. The van der Waals surface area contributed by atoms with Crippen LogP contribution in [-0.4, -0.2) is 21.3 Å². The van der Waals surface area contributed by atoms with Crippen molar-refractivity contribution in [1.82, 2.24) is 0 Å². The zero-order valence-corrected chi connectivity index (χ0v) is 13.1. The summed E-state index contributed by atoms with van der Waals surface area (Å²) in [6.45, 7) is 2.21. The van der Waals surface area contributed by atoms with Gasteiger partial charge in [0.1, 0.15) is 17.2 Å². The van der Waals surface area contributed by atoms with Crippen molar-refractivity contribution in [3.05, 3.63) is 53.6 Å². The summed E-state index contributed by atoms with van der Waals surface area (Å²) in [5.74, 6) is 2.91. The van der Waals surface area contributed by atoms with Crippen molar-refractivity contribution < 1.29 is 14.2 Å². The summed E-state index contributed by atoms with van der Waals surface area (Å²) in [4.78, 5) is 0. The molecule has 0 aliphatic heterocycles. The minimum absolute atomic E-state index is 0.377. The highest BCUT2D eigenvalue weighted by molar-refractivity contribution is 5.40. The number of rotatable bonds is 6. The first-order chi connectivity index (χ1) is 10.2. The Morgan fingerprint density at radius 3 is 1.76 bits per heavy atom. The molecule has 0 heterocycles. The summed E-state index contributed by atoms with van der Waals surface area (Å²) < 4.78 is 15.8. The lowest BCUT2D eigenvalue weighted by Gasteiger charge is -2.15. The molecule has 0 spiro atoms. The fourth-order valence-electron chi connectivity index (χ4n) is 2.35. The highest BCUT2D eigenvalue weighted by atomic mass is 16.5. The minimum atomic E-state index is 0.377. The van der Waals surface area contributed by atoms with Crippen LogP contribution in [0.25, 0.3) is 0 Å². The SMILES string of the molecule is COc1ccc(CC(C)c2cc(OC)cc(OC)c2)cc1. The Balaban J connectivity index is 2.16. The van der Waals surface area contributed by atoms with Gasteiger partial charge in [-0.25, -0.2) is 0 Å². The Kier molecular flexibility index (Phi) is 5.09. The van der Waals surface area contributed by atoms with E-state index in [-0.39, 0.29) is 0 Å². The Morgan fingerprint density at radius 2 is 1.29 bits per heavy atom. The lowest BCUT2D eigenvalue weighted by atomic mass is 9.93. The van der Waals surface area contributed by atoms with Crippen LogP contribution in [0.15, 0.2) is 42.5 Å². The largest absolute Gasteiger partial charge is 0.497 e. The normalized spacial score (nSPS) is 11.8. The van der Waals surface area contributed by atoms with E-state index >= 15 is 0 Å². The number of hydrogen-bond donors (Lipinski definition) is 0. The summed E-state index contributed by atoms with van der Waals surface area (Å²) in [7, 11) is 5.03. The quantitative estimate of drug-likeness (QED) is 0.801. The molecular weight excluding hydrogens is 264 g/mol. The van der Waals surface area contributed by atoms with Crippen molar-refractivity contribution in [2.75, 3.05) is 21.3 Å². The van der Waals surface area contributed by atoms with Gasteiger partial charge >= 0.3 is 0 Å². The monoisotopic (exact) mass is 286 g/mol. The van der Waals surface area contributed by atoms with Crippen LogP contribution in [0.2, 0.25) is 0 Å². The topological polar surface area (TPSA) is 27.7 Å². The zero-order chi connectivity index (χ0) is 15.2. The molecule has 0 radical (unpaired) electrons. The molecule has 1 atom stereocenters. The molecule has 2 rings (SSSR count). The first-order valence-corrected chi connectivity index (χ1v) is 7.02. The second-order valence-electron chi connectivity index (χ2n) is 5.10. The van der Waals surface area contributed by atoms with Gasteiger partial charge in [-0.15, -0.1) is 0 Å². The van der Waals surface area contributed by atoms with Gasteiger partial charge in [0, 0.05) is 6.07 Å². The predicted octanol–water partition coefficient (Wildman–Crippen LogP) is 4.06. The van der Waals surface area contributed by atoms with Crippen LogP contribution in [0.5, 0.6) is 17.2 Å². The lowest BCUT2D eigenvalue weighted by Crippen LogP contribution is -2.00. The highest BCUT2D eigenvalue weighted by Crippen LogP contribution is 2.29. The van der Waals surface area contributed by atoms with E-state index < -0.39 is 0 Å². The first-order valence-electron chi connectivity index (χ1n) is 7.02. The summed E-state index contributed by atoms with van der Waals surface area (Å²) in [5, 5.41) is 0. The molecule has 0 fully saturated rings. The molecule has 0 N–H and O–H groups in total. The van der Waals surface area contributed by atoms with Crippen LogP contribution in [0.4, 0.5) is 0 Å². The van der Waals surface area contributed by atoms with Gasteiger partial charge < -0.3 is 14.2 Å². The van der Waals surface area contributed by atoms with E-state index in [0.717, 1.165) is 23.7 Å². The number of benzene rings is 2. The zero-order valence-electron chi connectivity index (χ0n) is 13.1. The Bertz CT molecular complexity index is 553. The Labute approximate surface area is 126 Å². The van der Waals surface area contributed by atoms with Crippen LogP contribution in [0.1, 0.15) is 24.0 Å². The maximum Gasteiger partial charge on any atom is 0.122 e. The molecule has 2 aromatic carbocycles. The summed E-state index contributed by atoms with van der Waals surface area (Å²) in [5.41, 5.74) is 2.49. The smallest absolute Gasteiger partial charge is 0.122 e. The van der Waals surface area contributed by atoms with E-state index in [9.17, 15) is 0 Å². The molecule has 0 aliphatic rings. The predicted molar refractivity (Wildman–Crippen MR) is 84.7 cm³/mol. The third-order valence-electron chi connectivity index (χ3n) is 3.64. The van der Waals surface area contributed by atoms with Gasteiger partial charge in [-0.05, 0) is 47.7 Å². The van der Waals surface area contributed by atoms with Crippen molar-refractivity contribution in [2.45, 2.75) is 19.3 Å². The second-order valence-corrected chi connectivity index (χ2v) is 5.10. The maximum atomic E-state index is 5.33. The maximum absolute atomic E-state index is 5.33. The van der Waals surface area contributed by atoms with E-state index in [0.29, 0.717) is 5.92 Å². The molecule has 1 unspecified atom stereocenters. The average molecular weight is 286 g/mol. The van der Waals surface area contributed by atoms with Gasteiger partial charge in [-0.3, -0.25) is 0 Å². The molecule has 3 nitrogen and oxygen atoms in total. The van der Waals surface area contributed by atoms with Gasteiger partial charge in [0.25, 0.3) is 0 Å². The van der Waals surface area contributed by atoms with E-state index in [2.05, 4.69) is 31.2 Å². The van der Waals surface area contributed by atoms with Crippen LogP contribution in [0, 0.1) is 0 Å². The molecule has 21 heavy (non-hydrogen) atoms. The molecular formula is C18H22O3. The van der Waals surface area contributed by atoms with Crippen LogP contribution in [-0.2, 0) is 6.42 Å². The molecule has 0 aromatic heterocycles. The van der Waals surface area contributed by atoms with Crippen molar-refractivity contribution in [3.63, 3.8) is 0 Å². The standard InChI is InChI=1S/C18H22O3/c1-13(9-14-5-7-16(19-2)8-6-14)15-10-17(20-3)12-18(11-15)21-4/h5-8,10-13H,9H2,1-4H3. The molecule has 3 heteroatoms. The molecule has 2 aromatic rings.